The number of fused-ring (bicyclic) bond motifs is 1. The zero-order chi connectivity index (χ0) is 15.9. The number of nitrogens with two attached hydrogens (primary N) is 1. The number of benzene rings is 2. The van der Waals surface area contributed by atoms with Gasteiger partial charge >= 0.3 is 6.18 Å². The highest BCUT2D eigenvalue weighted by Gasteiger charge is 2.30. The quantitative estimate of drug-likeness (QED) is 0.770. The molecule has 3 aromatic rings. The molecule has 0 fully saturated rings. The lowest BCUT2D eigenvalue weighted by molar-refractivity contribution is -0.137. The molecule has 1 heterocycles. The largest absolute Gasteiger partial charge is 0.416 e. The van der Waals surface area contributed by atoms with Gasteiger partial charge in [0.2, 0.25) is 0 Å². The first kappa shape index (κ1) is 14.2. The standard InChI is InChI=1S/C16H11F3N2O/c17-16(18,19)11-5-3-6-12(9-11)21-13-7-2-1-4-10(13)8-14(21)15(20)22/h1-9H,(H2,20,22). The molecular weight excluding hydrogens is 293 g/mol. The highest BCUT2D eigenvalue weighted by atomic mass is 19.4. The van der Waals surface area contributed by atoms with Crippen molar-refractivity contribution in [1.29, 1.82) is 0 Å². The third-order valence-corrected chi connectivity index (χ3v) is 3.39. The Hall–Kier alpha value is -2.76. The van der Waals surface area contributed by atoms with Gasteiger partial charge in [-0.05, 0) is 30.3 Å². The van der Waals surface area contributed by atoms with Gasteiger partial charge in [0.1, 0.15) is 5.69 Å². The minimum absolute atomic E-state index is 0.139. The third kappa shape index (κ3) is 2.32. The number of primary amides is 1. The van der Waals surface area contributed by atoms with E-state index in [1.54, 1.807) is 30.3 Å². The molecule has 0 atom stereocenters. The molecule has 6 heteroatoms. The molecule has 3 rings (SSSR count). The Morgan fingerprint density at radius 1 is 1.00 bits per heavy atom. The van der Waals surface area contributed by atoms with Crippen molar-refractivity contribution in [3.63, 3.8) is 0 Å². The molecule has 0 saturated heterocycles. The van der Waals surface area contributed by atoms with E-state index in [0.29, 0.717) is 5.52 Å². The molecule has 112 valence electrons. The topological polar surface area (TPSA) is 48.0 Å². The Kier molecular flexibility index (Phi) is 3.16. The van der Waals surface area contributed by atoms with Gasteiger partial charge in [-0.25, -0.2) is 0 Å². The number of hydrogen-bond donors (Lipinski definition) is 1. The molecule has 0 bridgehead atoms. The van der Waals surface area contributed by atoms with Gasteiger partial charge in [-0.1, -0.05) is 24.3 Å². The number of carbonyl (C=O) groups is 1. The lowest BCUT2D eigenvalue weighted by atomic mass is 10.2. The first-order chi connectivity index (χ1) is 10.4. The molecule has 0 aliphatic rings. The van der Waals surface area contributed by atoms with Crippen molar-refractivity contribution in [3.05, 3.63) is 65.9 Å². The van der Waals surface area contributed by atoms with Crippen LogP contribution in [0.4, 0.5) is 13.2 Å². The molecular formula is C16H11F3N2O. The van der Waals surface area contributed by atoms with Crippen LogP contribution < -0.4 is 5.73 Å². The first-order valence-corrected chi connectivity index (χ1v) is 6.46. The number of carbonyl (C=O) groups excluding carboxylic acids is 1. The lowest BCUT2D eigenvalue weighted by Gasteiger charge is -2.12. The van der Waals surface area contributed by atoms with Crippen LogP contribution in [0.25, 0.3) is 16.6 Å². The van der Waals surface area contributed by atoms with Crippen LogP contribution in [0.2, 0.25) is 0 Å². The summed E-state index contributed by atoms with van der Waals surface area (Å²) < 4.78 is 40.1. The molecule has 2 N–H and O–H groups in total. The second kappa shape index (κ2) is 4.91. The molecule has 0 unspecified atom stereocenters. The van der Waals surface area contributed by atoms with Crippen LogP contribution in [0.1, 0.15) is 16.1 Å². The summed E-state index contributed by atoms with van der Waals surface area (Å²) in [5, 5.41) is 0.730. The number of hydrogen-bond acceptors (Lipinski definition) is 1. The Balaban J connectivity index is 2.30. The van der Waals surface area contributed by atoms with E-state index in [0.717, 1.165) is 17.5 Å². The van der Waals surface area contributed by atoms with E-state index in [9.17, 15) is 18.0 Å². The van der Waals surface area contributed by atoms with Gasteiger partial charge in [-0.3, -0.25) is 4.79 Å². The zero-order valence-electron chi connectivity index (χ0n) is 11.3. The minimum Gasteiger partial charge on any atom is -0.364 e. The van der Waals surface area contributed by atoms with Crippen LogP contribution in [0.3, 0.4) is 0 Å². The fraction of sp³-hybridized carbons (Fsp3) is 0.0625. The third-order valence-electron chi connectivity index (χ3n) is 3.39. The second-order valence-electron chi connectivity index (χ2n) is 4.84. The highest BCUT2D eigenvalue weighted by Crippen LogP contribution is 2.32. The fourth-order valence-corrected chi connectivity index (χ4v) is 2.44. The molecule has 0 aliphatic heterocycles. The summed E-state index contributed by atoms with van der Waals surface area (Å²) in [6.45, 7) is 0. The monoisotopic (exact) mass is 304 g/mol. The molecule has 2 aromatic carbocycles. The number of nitrogens with zero attached hydrogens (tertiary/aromatic N) is 1. The van der Waals surface area contributed by atoms with Gasteiger partial charge in [0, 0.05) is 11.1 Å². The normalized spacial score (nSPS) is 11.8. The Morgan fingerprint density at radius 3 is 2.41 bits per heavy atom. The van der Waals surface area contributed by atoms with Crippen LogP contribution in [-0.2, 0) is 6.18 Å². The van der Waals surface area contributed by atoms with Crippen molar-refractivity contribution in [2.24, 2.45) is 5.73 Å². The maximum absolute atomic E-state index is 12.9. The molecule has 0 aliphatic carbocycles. The number of alkyl halides is 3. The number of halogens is 3. The molecule has 0 spiro atoms. The van der Waals surface area contributed by atoms with E-state index in [4.69, 9.17) is 5.73 Å². The van der Waals surface area contributed by atoms with E-state index in [-0.39, 0.29) is 11.4 Å². The van der Waals surface area contributed by atoms with E-state index >= 15 is 0 Å². The van der Waals surface area contributed by atoms with Crippen LogP contribution in [0.5, 0.6) is 0 Å². The number of amides is 1. The first-order valence-electron chi connectivity index (χ1n) is 6.46. The van der Waals surface area contributed by atoms with Crippen molar-refractivity contribution in [2.45, 2.75) is 6.18 Å². The number of aromatic nitrogens is 1. The van der Waals surface area contributed by atoms with Gasteiger partial charge < -0.3 is 10.3 Å². The van der Waals surface area contributed by atoms with E-state index in [1.165, 1.54) is 16.7 Å². The zero-order valence-corrected chi connectivity index (χ0v) is 11.3. The molecule has 0 saturated carbocycles. The Labute approximate surface area is 123 Å². The van der Waals surface area contributed by atoms with E-state index in [1.807, 2.05) is 0 Å². The summed E-state index contributed by atoms with van der Waals surface area (Å²) >= 11 is 0. The lowest BCUT2D eigenvalue weighted by Crippen LogP contribution is -2.16. The van der Waals surface area contributed by atoms with Crippen molar-refractivity contribution >= 4 is 16.8 Å². The minimum atomic E-state index is -4.45. The predicted octanol–water partition coefficient (Wildman–Crippen LogP) is 3.75. The molecule has 1 aromatic heterocycles. The number of rotatable bonds is 2. The maximum atomic E-state index is 12.9. The van der Waals surface area contributed by atoms with Crippen LogP contribution in [0.15, 0.2) is 54.6 Å². The van der Waals surface area contributed by atoms with Gasteiger partial charge in [-0.2, -0.15) is 13.2 Å². The number of para-hydroxylation sites is 1. The second-order valence-corrected chi connectivity index (χ2v) is 4.84. The SMILES string of the molecule is NC(=O)c1cc2ccccc2n1-c1cccc(C(F)(F)F)c1. The van der Waals surface area contributed by atoms with Crippen molar-refractivity contribution in [1.82, 2.24) is 4.57 Å². The molecule has 3 nitrogen and oxygen atoms in total. The predicted molar refractivity (Wildman–Crippen MR) is 76.8 cm³/mol. The summed E-state index contributed by atoms with van der Waals surface area (Å²) in [5.41, 5.74) is 5.58. The van der Waals surface area contributed by atoms with Crippen LogP contribution >= 0.6 is 0 Å². The Morgan fingerprint density at radius 2 is 1.73 bits per heavy atom. The summed E-state index contributed by atoms with van der Waals surface area (Å²) in [6, 6.07) is 13.4. The summed E-state index contributed by atoms with van der Waals surface area (Å²) in [5.74, 6) is -0.700. The van der Waals surface area contributed by atoms with E-state index in [2.05, 4.69) is 0 Å². The highest BCUT2D eigenvalue weighted by molar-refractivity contribution is 5.99. The fourth-order valence-electron chi connectivity index (χ4n) is 2.44. The van der Waals surface area contributed by atoms with Crippen molar-refractivity contribution in [2.75, 3.05) is 0 Å². The smallest absolute Gasteiger partial charge is 0.364 e. The van der Waals surface area contributed by atoms with Gasteiger partial charge in [0.15, 0.2) is 0 Å². The molecule has 22 heavy (non-hydrogen) atoms. The summed E-state index contributed by atoms with van der Waals surface area (Å²) in [7, 11) is 0. The van der Waals surface area contributed by atoms with Gasteiger partial charge in [-0.15, -0.1) is 0 Å². The molecule has 0 radical (unpaired) electrons. The Bertz CT molecular complexity index is 865. The van der Waals surface area contributed by atoms with Crippen molar-refractivity contribution < 1.29 is 18.0 Å². The summed E-state index contributed by atoms with van der Waals surface area (Å²) in [6.07, 6.45) is -4.45. The van der Waals surface area contributed by atoms with Crippen molar-refractivity contribution in [3.8, 4) is 5.69 Å². The van der Waals surface area contributed by atoms with Crippen LogP contribution in [-0.4, -0.2) is 10.5 Å². The average molecular weight is 304 g/mol. The molecule has 1 amide bonds. The van der Waals surface area contributed by atoms with Gasteiger partial charge in [0.05, 0.1) is 11.1 Å². The average Bonchev–Trinajstić information content (AvgIpc) is 2.86. The summed E-state index contributed by atoms with van der Waals surface area (Å²) in [4.78, 5) is 11.6. The van der Waals surface area contributed by atoms with Crippen LogP contribution in [0, 0.1) is 0 Å². The van der Waals surface area contributed by atoms with Gasteiger partial charge in [0.25, 0.3) is 5.91 Å². The van der Waals surface area contributed by atoms with E-state index < -0.39 is 17.6 Å². The maximum Gasteiger partial charge on any atom is 0.416 e.